The molecule has 1 atom stereocenters. The lowest BCUT2D eigenvalue weighted by Gasteiger charge is -2.22. The molecule has 2 aromatic rings. The van der Waals surface area contributed by atoms with Gasteiger partial charge in [0.2, 0.25) is 5.91 Å². The van der Waals surface area contributed by atoms with Crippen LogP contribution in [0.15, 0.2) is 40.9 Å². The second kappa shape index (κ2) is 7.04. The minimum Gasteiger partial charge on any atom is -0.360 e. The van der Waals surface area contributed by atoms with E-state index in [0.717, 1.165) is 0 Å². The fourth-order valence-electron chi connectivity index (χ4n) is 2.21. The molecule has 5 heteroatoms. The van der Waals surface area contributed by atoms with E-state index in [0.29, 0.717) is 17.5 Å². The Morgan fingerprint density at radius 1 is 1.29 bits per heavy atom. The number of rotatable bonds is 6. The van der Waals surface area contributed by atoms with Gasteiger partial charge in [-0.15, -0.1) is 0 Å². The van der Waals surface area contributed by atoms with Gasteiger partial charge in [-0.3, -0.25) is 4.79 Å². The summed E-state index contributed by atoms with van der Waals surface area (Å²) in [4.78, 5) is 11.9. The smallest absolute Gasteiger partial charge is 0.239 e. The first kappa shape index (κ1) is 15.3. The average molecular weight is 287 g/mol. The van der Waals surface area contributed by atoms with Gasteiger partial charge in [-0.25, -0.2) is 0 Å². The number of nitrogens with zero attached hydrogens (tertiary/aromatic N) is 1. The molecule has 0 aliphatic rings. The molecule has 21 heavy (non-hydrogen) atoms. The average Bonchev–Trinajstić information content (AvgIpc) is 2.85. The highest BCUT2D eigenvalue weighted by atomic mass is 16.5. The highest BCUT2D eigenvalue weighted by molar-refractivity contribution is 5.91. The van der Waals surface area contributed by atoms with Crippen molar-refractivity contribution in [3.63, 3.8) is 0 Å². The number of anilines is 1. The number of benzene rings is 1. The van der Waals surface area contributed by atoms with Crippen molar-refractivity contribution >= 4 is 11.7 Å². The van der Waals surface area contributed by atoms with Crippen molar-refractivity contribution < 1.29 is 9.32 Å². The van der Waals surface area contributed by atoms with Gasteiger partial charge in [0.25, 0.3) is 0 Å². The summed E-state index contributed by atoms with van der Waals surface area (Å²) >= 11 is 0. The summed E-state index contributed by atoms with van der Waals surface area (Å²) in [6.45, 7) is 6.27. The SMILES string of the molecule is Cc1cc(NC(=O)CN[C@@H](c2ccccc2)C(C)C)no1. The summed E-state index contributed by atoms with van der Waals surface area (Å²) in [5.74, 6) is 1.36. The van der Waals surface area contributed by atoms with Crippen LogP contribution in [0, 0.1) is 12.8 Å². The van der Waals surface area contributed by atoms with Crippen molar-refractivity contribution in [1.82, 2.24) is 10.5 Å². The molecule has 1 aromatic carbocycles. The molecule has 0 spiro atoms. The molecule has 0 aliphatic carbocycles. The zero-order chi connectivity index (χ0) is 15.2. The molecule has 0 bridgehead atoms. The minimum atomic E-state index is -0.134. The molecule has 0 saturated carbocycles. The van der Waals surface area contributed by atoms with Crippen molar-refractivity contribution in [2.45, 2.75) is 26.8 Å². The number of hydrogen-bond donors (Lipinski definition) is 2. The number of aromatic nitrogens is 1. The summed E-state index contributed by atoms with van der Waals surface area (Å²) < 4.78 is 4.91. The van der Waals surface area contributed by atoms with Gasteiger partial charge < -0.3 is 15.2 Å². The van der Waals surface area contributed by atoms with Crippen molar-refractivity contribution in [2.24, 2.45) is 5.92 Å². The Labute approximate surface area is 124 Å². The normalized spacial score (nSPS) is 12.4. The maximum atomic E-state index is 11.9. The van der Waals surface area contributed by atoms with E-state index in [9.17, 15) is 4.79 Å². The molecule has 0 radical (unpaired) electrons. The van der Waals surface area contributed by atoms with Gasteiger partial charge in [0.05, 0.1) is 6.54 Å². The van der Waals surface area contributed by atoms with Gasteiger partial charge in [0.15, 0.2) is 5.82 Å². The number of nitrogens with one attached hydrogen (secondary N) is 2. The Morgan fingerprint density at radius 2 is 2.00 bits per heavy atom. The number of hydrogen-bond acceptors (Lipinski definition) is 4. The summed E-state index contributed by atoms with van der Waals surface area (Å²) in [7, 11) is 0. The van der Waals surface area contributed by atoms with Crippen molar-refractivity contribution in [3.8, 4) is 0 Å². The minimum absolute atomic E-state index is 0.134. The molecule has 1 amide bonds. The number of carbonyl (C=O) groups excluding carboxylic acids is 1. The van der Waals surface area contributed by atoms with Gasteiger partial charge in [-0.2, -0.15) is 0 Å². The lowest BCUT2D eigenvalue weighted by molar-refractivity contribution is -0.115. The van der Waals surface area contributed by atoms with E-state index in [1.807, 2.05) is 18.2 Å². The van der Waals surface area contributed by atoms with E-state index in [2.05, 4.69) is 41.8 Å². The van der Waals surface area contributed by atoms with Gasteiger partial charge >= 0.3 is 0 Å². The first-order chi connectivity index (χ1) is 10.1. The predicted molar refractivity (Wildman–Crippen MR) is 81.9 cm³/mol. The van der Waals surface area contributed by atoms with E-state index >= 15 is 0 Å². The standard InChI is InChI=1S/C16H21N3O2/c1-11(2)16(13-7-5-4-6-8-13)17-10-15(20)18-14-9-12(3)21-19-14/h4-9,11,16-17H,10H2,1-3H3,(H,18,19,20)/t16-/m1/s1. The van der Waals surface area contributed by atoms with Crippen LogP contribution in [0.3, 0.4) is 0 Å². The Hall–Kier alpha value is -2.14. The fourth-order valence-corrected chi connectivity index (χ4v) is 2.21. The van der Waals surface area contributed by atoms with E-state index in [4.69, 9.17) is 4.52 Å². The van der Waals surface area contributed by atoms with E-state index in [1.54, 1.807) is 13.0 Å². The lowest BCUT2D eigenvalue weighted by atomic mass is 9.96. The maximum Gasteiger partial charge on any atom is 0.239 e. The quantitative estimate of drug-likeness (QED) is 0.857. The highest BCUT2D eigenvalue weighted by Gasteiger charge is 2.16. The fraction of sp³-hybridized carbons (Fsp3) is 0.375. The van der Waals surface area contributed by atoms with Gasteiger partial charge in [-0.05, 0) is 18.4 Å². The van der Waals surface area contributed by atoms with E-state index in [-0.39, 0.29) is 18.5 Å². The highest BCUT2D eigenvalue weighted by Crippen LogP contribution is 2.20. The Kier molecular flexibility index (Phi) is 5.11. The van der Waals surface area contributed by atoms with Crippen molar-refractivity contribution in [3.05, 3.63) is 47.7 Å². The predicted octanol–water partition coefficient (Wildman–Crippen LogP) is 2.91. The zero-order valence-electron chi connectivity index (χ0n) is 12.6. The molecular weight excluding hydrogens is 266 g/mol. The third-order valence-electron chi connectivity index (χ3n) is 3.20. The Balaban J connectivity index is 1.91. The van der Waals surface area contributed by atoms with Crippen LogP contribution in [-0.2, 0) is 4.79 Å². The van der Waals surface area contributed by atoms with Crippen LogP contribution in [0.5, 0.6) is 0 Å². The lowest BCUT2D eigenvalue weighted by Crippen LogP contribution is -2.33. The largest absolute Gasteiger partial charge is 0.360 e. The van der Waals surface area contributed by atoms with Crippen LogP contribution in [-0.4, -0.2) is 17.6 Å². The Bertz CT molecular complexity index is 578. The molecule has 0 saturated heterocycles. The first-order valence-electron chi connectivity index (χ1n) is 7.07. The summed E-state index contributed by atoms with van der Waals surface area (Å²) in [5, 5.41) is 9.74. The number of aryl methyl sites for hydroxylation is 1. The van der Waals surface area contributed by atoms with Crippen LogP contribution in [0.4, 0.5) is 5.82 Å². The van der Waals surface area contributed by atoms with Gasteiger partial charge in [0, 0.05) is 12.1 Å². The monoisotopic (exact) mass is 287 g/mol. The first-order valence-corrected chi connectivity index (χ1v) is 7.07. The van der Waals surface area contributed by atoms with Gasteiger partial charge in [0.1, 0.15) is 5.76 Å². The molecule has 2 rings (SSSR count). The number of amides is 1. The second-order valence-electron chi connectivity index (χ2n) is 5.38. The molecule has 1 aromatic heterocycles. The van der Waals surface area contributed by atoms with Crippen LogP contribution >= 0.6 is 0 Å². The number of carbonyl (C=O) groups is 1. The molecule has 0 unspecified atom stereocenters. The molecule has 112 valence electrons. The van der Waals surface area contributed by atoms with Crippen molar-refractivity contribution in [2.75, 3.05) is 11.9 Å². The summed E-state index contributed by atoms with van der Waals surface area (Å²) in [6, 6.07) is 12.0. The van der Waals surface area contributed by atoms with Crippen LogP contribution in [0.2, 0.25) is 0 Å². The van der Waals surface area contributed by atoms with Crippen molar-refractivity contribution in [1.29, 1.82) is 0 Å². The zero-order valence-corrected chi connectivity index (χ0v) is 12.6. The molecule has 1 heterocycles. The third-order valence-corrected chi connectivity index (χ3v) is 3.20. The molecule has 0 aliphatic heterocycles. The summed E-state index contributed by atoms with van der Waals surface area (Å²) in [6.07, 6.45) is 0. The topological polar surface area (TPSA) is 67.2 Å². The second-order valence-corrected chi connectivity index (χ2v) is 5.38. The third kappa shape index (κ3) is 4.43. The van der Waals surface area contributed by atoms with E-state index in [1.165, 1.54) is 5.56 Å². The molecule has 2 N–H and O–H groups in total. The molecule has 0 fully saturated rings. The Morgan fingerprint density at radius 3 is 2.57 bits per heavy atom. The van der Waals surface area contributed by atoms with E-state index < -0.39 is 0 Å². The summed E-state index contributed by atoms with van der Waals surface area (Å²) in [5.41, 5.74) is 1.18. The van der Waals surface area contributed by atoms with Gasteiger partial charge in [-0.1, -0.05) is 49.3 Å². The van der Waals surface area contributed by atoms with Crippen LogP contribution in [0.25, 0.3) is 0 Å². The maximum absolute atomic E-state index is 11.9. The van der Waals surface area contributed by atoms with Crippen LogP contribution < -0.4 is 10.6 Å². The van der Waals surface area contributed by atoms with Crippen LogP contribution in [0.1, 0.15) is 31.2 Å². The molecular formula is C16H21N3O2. The molecule has 5 nitrogen and oxygen atoms in total.